The maximum atomic E-state index is 5.37. The van der Waals surface area contributed by atoms with E-state index in [1.54, 1.807) is 11.3 Å². The Hall–Kier alpha value is -0.0600. The fraction of sp³-hybridized carbons (Fsp3) is 0.429. The normalized spacial score (nSPS) is 10.0. The van der Waals surface area contributed by atoms with Gasteiger partial charge in [0.1, 0.15) is 5.75 Å². The lowest BCUT2D eigenvalue weighted by molar-refractivity contribution is 0.314. The lowest BCUT2D eigenvalue weighted by atomic mass is 10.5. The third kappa shape index (κ3) is 3.22. The molecule has 0 aromatic carbocycles. The molecule has 0 spiro atoms. The lowest BCUT2D eigenvalue weighted by Gasteiger charge is -2.00. The minimum absolute atomic E-state index is 0.686. The molecular weight excluding hydrogens is 226 g/mol. The van der Waals surface area contributed by atoms with Gasteiger partial charge in [-0.05, 0) is 28.9 Å². The Bertz CT molecular complexity index is 214. The quantitative estimate of drug-likeness (QED) is 0.813. The largest absolute Gasteiger partial charge is 0.493 e. The van der Waals surface area contributed by atoms with E-state index in [4.69, 9.17) is 10.5 Å². The van der Waals surface area contributed by atoms with Crippen LogP contribution in [0.25, 0.3) is 0 Å². The van der Waals surface area contributed by atoms with Crippen molar-refractivity contribution in [3.63, 3.8) is 0 Å². The van der Waals surface area contributed by atoms with Gasteiger partial charge in [0.15, 0.2) is 0 Å². The molecule has 0 radical (unpaired) electrons. The molecule has 2 nitrogen and oxygen atoms in total. The Morgan fingerprint density at radius 3 is 3.00 bits per heavy atom. The molecule has 0 bridgehead atoms. The maximum absolute atomic E-state index is 5.37. The summed E-state index contributed by atoms with van der Waals surface area (Å²) in [5, 5.41) is 1.97. The van der Waals surface area contributed by atoms with E-state index in [1.807, 2.05) is 11.4 Å². The van der Waals surface area contributed by atoms with Crippen LogP contribution in [0.2, 0.25) is 0 Å². The smallest absolute Gasteiger partial charge is 0.131 e. The van der Waals surface area contributed by atoms with Gasteiger partial charge in [0.25, 0.3) is 0 Å². The average Bonchev–Trinajstić information content (AvgIpc) is 2.37. The van der Waals surface area contributed by atoms with Gasteiger partial charge in [-0.2, -0.15) is 0 Å². The molecule has 1 heterocycles. The van der Waals surface area contributed by atoms with E-state index in [9.17, 15) is 0 Å². The Kier molecular flexibility index (Phi) is 3.90. The highest BCUT2D eigenvalue weighted by Gasteiger charge is 1.95. The number of ether oxygens (including phenoxy) is 1. The first-order valence-corrected chi connectivity index (χ1v) is 5.07. The number of rotatable bonds is 4. The van der Waals surface area contributed by atoms with Crippen molar-refractivity contribution < 1.29 is 4.74 Å². The van der Waals surface area contributed by atoms with E-state index in [1.165, 1.54) is 0 Å². The second-order valence-electron chi connectivity index (χ2n) is 2.08. The fourth-order valence-electron chi connectivity index (χ4n) is 0.643. The van der Waals surface area contributed by atoms with Crippen LogP contribution in [0.4, 0.5) is 0 Å². The predicted molar refractivity (Wildman–Crippen MR) is 51.2 cm³/mol. The van der Waals surface area contributed by atoms with Crippen molar-refractivity contribution in [2.75, 3.05) is 13.2 Å². The second kappa shape index (κ2) is 4.74. The van der Waals surface area contributed by atoms with Gasteiger partial charge in [0.2, 0.25) is 0 Å². The molecule has 1 aromatic heterocycles. The van der Waals surface area contributed by atoms with E-state index in [2.05, 4.69) is 15.9 Å². The van der Waals surface area contributed by atoms with Gasteiger partial charge >= 0.3 is 0 Å². The van der Waals surface area contributed by atoms with Crippen LogP contribution in [-0.4, -0.2) is 13.2 Å². The molecule has 0 unspecified atom stereocenters. The van der Waals surface area contributed by atoms with E-state index in [-0.39, 0.29) is 0 Å². The monoisotopic (exact) mass is 235 g/mol. The molecule has 1 rings (SSSR count). The molecule has 0 aliphatic rings. The average molecular weight is 236 g/mol. The van der Waals surface area contributed by atoms with E-state index >= 15 is 0 Å². The molecule has 2 N–H and O–H groups in total. The van der Waals surface area contributed by atoms with E-state index in [0.29, 0.717) is 13.2 Å². The van der Waals surface area contributed by atoms with Gasteiger partial charge in [0.05, 0.1) is 10.4 Å². The maximum Gasteiger partial charge on any atom is 0.131 e. The Labute approximate surface area is 78.5 Å². The van der Waals surface area contributed by atoms with Crippen LogP contribution >= 0.6 is 27.3 Å². The first kappa shape index (κ1) is 9.03. The van der Waals surface area contributed by atoms with Gasteiger partial charge in [-0.1, -0.05) is 0 Å². The minimum Gasteiger partial charge on any atom is -0.493 e. The fourth-order valence-corrected chi connectivity index (χ4v) is 1.70. The van der Waals surface area contributed by atoms with Gasteiger partial charge in [0, 0.05) is 11.4 Å². The number of hydrogen-bond donors (Lipinski definition) is 1. The van der Waals surface area contributed by atoms with Crippen LogP contribution in [0.1, 0.15) is 6.42 Å². The van der Waals surface area contributed by atoms with Crippen LogP contribution in [0.3, 0.4) is 0 Å². The van der Waals surface area contributed by atoms with Crippen LogP contribution in [0.15, 0.2) is 15.2 Å². The third-order valence-corrected chi connectivity index (χ3v) is 2.64. The molecule has 0 saturated carbocycles. The summed E-state index contributed by atoms with van der Waals surface area (Å²) in [4.78, 5) is 0. The summed E-state index contributed by atoms with van der Waals surface area (Å²) in [6.45, 7) is 1.39. The molecule has 4 heteroatoms. The van der Waals surface area contributed by atoms with Crippen molar-refractivity contribution in [3.8, 4) is 5.75 Å². The van der Waals surface area contributed by atoms with Gasteiger partial charge < -0.3 is 10.5 Å². The van der Waals surface area contributed by atoms with Crippen LogP contribution in [-0.2, 0) is 0 Å². The summed E-state index contributed by atoms with van der Waals surface area (Å²) < 4.78 is 6.47. The SMILES string of the molecule is NCCCOc1csc(Br)c1. The summed E-state index contributed by atoms with van der Waals surface area (Å²) in [5.41, 5.74) is 5.31. The molecule has 1 aromatic rings. The van der Waals surface area contributed by atoms with Crippen molar-refractivity contribution in [2.24, 2.45) is 5.73 Å². The second-order valence-corrected chi connectivity index (χ2v) is 4.37. The molecule has 62 valence electrons. The van der Waals surface area contributed by atoms with Crippen molar-refractivity contribution in [1.29, 1.82) is 0 Å². The Balaban J connectivity index is 2.27. The molecule has 0 atom stereocenters. The molecule has 0 aliphatic heterocycles. The van der Waals surface area contributed by atoms with Gasteiger partial charge in [-0.3, -0.25) is 0 Å². The van der Waals surface area contributed by atoms with E-state index < -0.39 is 0 Å². The first-order valence-electron chi connectivity index (χ1n) is 3.40. The molecule has 0 saturated heterocycles. The highest BCUT2D eigenvalue weighted by molar-refractivity contribution is 9.11. The van der Waals surface area contributed by atoms with Crippen molar-refractivity contribution in [1.82, 2.24) is 0 Å². The minimum atomic E-state index is 0.686. The van der Waals surface area contributed by atoms with E-state index in [0.717, 1.165) is 16.0 Å². The van der Waals surface area contributed by atoms with Crippen molar-refractivity contribution in [3.05, 3.63) is 15.2 Å². The zero-order valence-electron chi connectivity index (χ0n) is 6.05. The standard InChI is InChI=1S/C7H10BrNOS/c8-7-4-6(5-11-7)10-3-1-2-9/h4-5H,1-3,9H2. The van der Waals surface area contributed by atoms with Gasteiger partial charge in [-0.25, -0.2) is 0 Å². The number of hydrogen-bond acceptors (Lipinski definition) is 3. The molecular formula is C7H10BrNOS. The highest BCUT2D eigenvalue weighted by Crippen LogP contribution is 2.26. The summed E-state index contributed by atoms with van der Waals surface area (Å²) >= 11 is 4.98. The van der Waals surface area contributed by atoms with Crippen LogP contribution < -0.4 is 10.5 Å². The third-order valence-electron chi connectivity index (χ3n) is 1.16. The molecule has 11 heavy (non-hydrogen) atoms. The number of nitrogens with two attached hydrogens (primary N) is 1. The first-order chi connectivity index (χ1) is 5.33. The summed E-state index contributed by atoms with van der Waals surface area (Å²) in [7, 11) is 0. The zero-order valence-corrected chi connectivity index (χ0v) is 8.45. The molecule has 0 fully saturated rings. The summed E-state index contributed by atoms with van der Waals surface area (Å²) in [5.74, 6) is 0.926. The zero-order chi connectivity index (χ0) is 8.10. The Morgan fingerprint density at radius 1 is 1.64 bits per heavy atom. The van der Waals surface area contributed by atoms with Crippen LogP contribution in [0, 0.1) is 0 Å². The topological polar surface area (TPSA) is 35.2 Å². The summed E-state index contributed by atoms with van der Waals surface area (Å²) in [6.07, 6.45) is 0.910. The predicted octanol–water partition coefficient (Wildman–Crippen LogP) is 2.24. The van der Waals surface area contributed by atoms with Gasteiger partial charge in [-0.15, -0.1) is 11.3 Å². The Morgan fingerprint density at radius 2 is 2.45 bits per heavy atom. The highest BCUT2D eigenvalue weighted by atomic mass is 79.9. The van der Waals surface area contributed by atoms with Crippen LogP contribution in [0.5, 0.6) is 5.75 Å². The van der Waals surface area contributed by atoms with Crippen molar-refractivity contribution in [2.45, 2.75) is 6.42 Å². The summed E-state index contributed by atoms with van der Waals surface area (Å²) in [6, 6.07) is 1.96. The number of halogens is 1. The molecule has 0 aliphatic carbocycles. The number of thiophene rings is 1. The van der Waals surface area contributed by atoms with Crippen molar-refractivity contribution >= 4 is 27.3 Å². The lowest BCUT2D eigenvalue weighted by Crippen LogP contribution is -2.05. The molecule has 0 amide bonds.